The average molecular weight is 246 g/mol. The highest BCUT2D eigenvalue weighted by Gasteiger charge is 2.15. The molecule has 1 amide bonds. The van der Waals surface area contributed by atoms with E-state index in [1.165, 1.54) is 6.92 Å². The van der Waals surface area contributed by atoms with Gasteiger partial charge in [0, 0.05) is 24.4 Å². The van der Waals surface area contributed by atoms with Crippen LogP contribution in [-0.2, 0) is 4.79 Å². The highest BCUT2D eigenvalue weighted by atomic mass is 19.2. The van der Waals surface area contributed by atoms with E-state index in [4.69, 9.17) is 0 Å². The van der Waals surface area contributed by atoms with Crippen LogP contribution >= 0.6 is 0 Å². The number of carbonyl (C=O) groups excluding carboxylic acids is 1. The smallest absolute Gasteiger partial charge is 0.242 e. The molecule has 0 aliphatic rings. The van der Waals surface area contributed by atoms with Crippen molar-refractivity contribution in [2.24, 2.45) is 0 Å². The Labute approximate surface area is 97.0 Å². The van der Waals surface area contributed by atoms with Crippen molar-refractivity contribution in [3.05, 3.63) is 29.6 Å². The molecule has 3 nitrogen and oxygen atoms in total. The summed E-state index contributed by atoms with van der Waals surface area (Å²) in [6, 6.07) is 0.932. The van der Waals surface area contributed by atoms with Crippen LogP contribution in [0.4, 0.5) is 18.9 Å². The van der Waals surface area contributed by atoms with Crippen LogP contribution in [0.1, 0.15) is 13.8 Å². The molecule has 0 aliphatic carbocycles. The van der Waals surface area contributed by atoms with Crippen molar-refractivity contribution < 1.29 is 18.0 Å². The number of benzene rings is 1. The second-order valence-electron chi connectivity index (χ2n) is 3.51. The highest BCUT2D eigenvalue weighted by Crippen LogP contribution is 2.17. The predicted molar refractivity (Wildman–Crippen MR) is 58.1 cm³/mol. The van der Waals surface area contributed by atoms with Gasteiger partial charge in [0.05, 0.1) is 0 Å². The summed E-state index contributed by atoms with van der Waals surface area (Å²) in [5, 5.41) is 5.12. The molecular weight excluding hydrogens is 233 g/mol. The van der Waals surface area contributed by atoms with E-state index in [0.29, 0.717) is 6.54 Å². The van der Waals surface area contributed by atoms with Crippen molar-refractivity contribution in [2.45, 2.75) is 19.9 Å². The summed E-state index contributed by atoms with van der Waals surface area (Å²) in [6.07, 6.45) is 0. The largest absolute Gasteiger partial charge is 0.374 e. The topological polar surface area (TPSA) is 41.1 Å². The maximum atomic E-state index is 12.9. The molecule has 1 unspecified atom stereocenters. The third-order valence-corrected chi connectivity index (χ3v) is 2.11. The second-order valence-corrected chi connectivity index (χ2v) is 3.51. The molecule has 0 fully saturated rings. The molecule has 0 aromatic heterocycles. The maximum absolute atomic E-state index is 12.9. The van der Waals surface area contributed by atoms with Gasteiger partial charge in [0.2, 0.25) is 5.91 Å². The number of amides is 1. The molecule has 2 N–H and O–H groups in total. The second kappa shape index (κ2) is 5.56. The Hall–Kier alpha value is -1.72. The minimum absolute atomic E-state index is 0.0140. The molecule has 0 radical (unpaired) electrons. The summed E-state index contributed by atoms with van der Waals surface area (Å²) in [7, 11) is 0. The molecule has 0 bridgehead atoms. The first-order chi connectivity index (χ1) is 7.95. The van der Waals surface area contributed by atoms with Gasteiger partial charge in [0.25, 0.3) is 0 Å². The minimum Gasteiger partial charge on any atom is -0.374 e. The van der Waals surface area contributed by atoms with Crippen LogP contribution in [-0.4, -0.2) is 18.5 Å². The standard InChI is InChI=1S/C11H13F3N2O/c1-3-15-11(17)6(2)16-7-4-8(12)10(14)9(13)5-7/h4-6,16H,3H2,1-2H3,(H,15,17). The lowest BCUT2D eigenvalue weighted by Gasteiger charge is -2.14. The van der Waals surface area contributed by atoms with Gasteiger partial charge < -0.3 is 10.6 Å². The molecule has 6 heteroatoms. The molecule has 0 saturated carbocycles. The zero-order valence-corrected chi connectivity index (χ0v) is 9.48. The third-order valence-electron chi connectivity index (χ3n) is 2.11. The van der Waals surface area contributed by atoms with Gasteiger partial charge in [0.1, 0.15) is 6.04 Å². The molecule has 17 heavy (non-hydrogen) atoms. The van der Waals surface area contributed by atoms with Gasteiger partial charge in [-0.15, -0.1) is 0 Å². The number of anilines is 1. The number of rotatable bonds is 4. The van der Waals surface area contributed by atoms with E-state index in [9.17, 15) is 18.0 Å². The third kappa shape index (κ3) is 3.37. The summed E-state index contributed by atoms with van der Waals surface area (Å²) in [6.45, 7) is 3.74. The first-order valence-corrected chi connectivity index (χ1v) is 5.14. The van der Waals surface area contributed by atoms with Crippen molar-refractivity contribution in [1.82, 2.24) is 5.32 Å². The summed E-state index contributed by atoms with van der Waals surface area (Å²) in [5.74, 6) is -4.43. The van der Waals surface area contributed by atoms with E-state index < -0.39 is 23.5 Å². The van der Waals surface area contributed by atoms with E-state index >= 15 is 0 Å². The van der Waals surface area contributed by atoms with Crippen molar-refractivity contribution in [3.63, 3.8) is 0 Å². The molecule has 1 rings (SSSR count). The number of hydrogen-bond donors (Lipinski definition) is 2. The molecule has 0 saturated heterocycles. The zero-order valence-electron chi connectivity index (χ0n) is 9.48. The van der Waals surface area contributed by atoms with Gasteiger partial charge in [-0.3, -0.25) is 4.79 Å². The number of carbonyl (C=O) groups is 1. The fraction of sp³-hybridized carbons (Fsp3) is 0.364. The fourth-order valence-corrected chi connectivity index (χ4v) is 1.28. The Morgan fingerprint density at radius 1 is 1.29 bits per heavy atom. The molecule has 1 atom stereocenters. The number of nitrogens with one attached hydrogen (secondary N) is 2. The van der Waals surface area contributed by atoms with Gasteiger partial charge in [-0.25, -0.2) is 13.2 Å². The fourth-order valence-electron chi connectivity index (χ4n) is 1.28. The summed E-state index contributed by atoms with van der Waals surface area (Å²) >= 11 is 0. The Bertz CT molecular complexity index is 400. The SMILES string of the molecule is CCNC(=O)C(C)Nc1cc(F)c(F)c(F)c1. The van der Waals surface area contributed by atoms with Crippen LogP contribution in [0.2, 0.25) is 0 Å². The van der Waals surface area contributed by atoms with Gasteiger partial charge in [-0.05, 0) is 13.8 Å². The van der Waals surface area contributed by atoms with E-state index in [0.717, 1.165) is 12.1 Å². The van der Waals surface area contributed by atoms with Gasteiger partial charge in [0.15, 0.2) is 17.5 Å². The minimum atomic E-state index is -1.53. The lowest BCUT2D eigenvalue weighted by Crippen LogP contribution is -2.37. The Balaban J connectivity index is 2.78. The van der Waals surface area contributed by atoms with E-state index in [1.807, 2.05) is 0 Å². The van der Waals surface area contributed by atoms with E-state index in [-0.39, 0.29) is 11.6 Å². The lowest BCUT2D eigenvalue weighted by atomic mass is 10.2. The highest BCUT2D eigenvalue weighted by molar-refractivity contribution is 5.84. The van der Waals surface area contributed by atoms with E-state index in [1.54, 1.807) is 6.92 Å². The van der Waals surface area contributed by atoms with Gasteiger partial charge in [-0.1, -0.05) is 0 Å². The van der Waals surface area contributed by atoms with Gasteiger partial charge in [-0.2, -0.15) is 0 Å². The van der Waals surface area contributed by atoms with Crippen molar-refractivity contribution >= 4 is 11.6 Å². The van der Waals surface area contributed by atoms with Gasteiger partial charge >= 0.3 is 0 Å². The summed E-state index contributed by atoms with van der Waals surface area (Å²) in [5.41, 5.74) is 0.0140. The van der Waals surface area contributed by atoms with Crippen molar-refractivity contribution in [2.75, 3.05) is 11.9 Å². The predicted octanol–water partition coefficient (Wildman–Crippen LogP) is 2.04. The normalized spacial score (nSPS) is 12.1. The lowest BCUT2D eigenvalue weighted by molar-refractivity contribution is -0.121. The van der Waals surface area contributed by atoms with Crippen LogP contribution < -0.4 is 10.6 Å². The van der Waals surface area contributed by atoms with Crippen LogP contribution in [0.3, 0.4) is 0 Å². The Kier molecular flexibility index (Phi) is 4.37. The molecule has 1 aromatic rings. The Morgan fingerprint density at radius 2 is 1.82 bits per heavy atom. The molecule has 0 aliphatic heterocycles. The first-order valence-electron chi connectivity index (χ1n) is 5.14. The van der Waals surface area contributed by atoms with Crippen LogP contribution in [0.15, 0.2) is 12.1 Å². The van der Waals surface area contributed by atoms with Crippen molar-refractivity contribution in [3.8, 4) is 0 Å². The van der Waals surface area contributed by atoms with Crippen LogP contribution in [0.25, 0.3) is 0 Å². The quantitative estimate of drug-likeness (QED) is 0.798. The Morgan fingerprint density at radius 3 is 2.29 bits per heavy atom. The summed E-state index contributed by atoms with van der Waals surface area (Å²) < 4.78 is 38.4. The van der Waals surface area contributed by atoms with Crippen molar-refractivity contribution in [1.29, 1.82) is 0 Å². The van der Waals surface area contributed by atoms with Crippen LogP contribution in [0.5, 0.6) is 0 Å². The maximum Gasteiger partial charge on any atom is 0.242 e. The zero-order chi connectivity index (χ0) is 13.0. The first kappa shape index (κ1) is 13.3. The summed E-state index contributed by atoms with van der Waals surface area (Å²) in [4.78, 5) is 11.3. The number of halogens is 3. The molecular formula is C11H13F3N2O. The molecule has 0 heterocycles. The molecule has 94 valence electrons. The molecule has 0 spiro atoms. The number of hydrogen-bond acceptors (Lipinski definition) is 2. The average Bonchev–Trinajstić information content (AvgIpc) is 2.26. The number of likely N-dealkylation sites (N-methyl/N-ethyl adjacent to an activating group) is 1. The van der Waals surface area contributed by atoms with Crippen LogP contribution in [0, 0.1) is 17.5 Å². The monoisotopic (exact) mass is 246 g/mol. The van der Waals surface area contributed by atoms with E-state index in [2.05, 4.69) is 10.6 Å². The molecule has 1 aromatic carbocycles.